The number of rotatable bonds is 8. The molecule has 0 radical (unpaired) electrons. The average molecular weight is 279 g/mol. The molecule has 1 rings (SSSR count). The third-order valence-electron chi connectivity index (χ3n) is 2.97. The number of hydrogen-bond donors (Lipinski definition) is 1. The van der Waals surface area contributed by atoms with Crippen molar-refractivity contribution in [2.24, 2.45) is 11.8 Å². The zero-order valence-electron chi connectivity index (χ0n) is 12.8. The number of carboxylic acids is 1. The first-order valence-electron chi connectivity index (χ1n) is 7.01. The molecule has 4 heteroatoms. The fraction of sp³-hybridized carbons (Fsp3) is 0.562. The molecule has 0 saturated carbocycles. The number of carbonyl (C=O) groups is 1. The van der Waals surface area contributed by atoms with E-state index >= 15 is 0 Å². The highest BCUT2D eigenvalue weighted by molar-refractivity contribution is 5.69. The van der Waals surface area contributed by atoms with E-state index in [0.29, 0.717) is 12.5 Å². The van der Waals surface area contributed by atoms with Crippen molar-refractivity contribution in [3.8, 4) is 5.75 Å². The Hall–Kier alpha value is -1.55. The topological polar surface area (TPSA) is 49.8 Å². The Morgan fingerprint density at radius 2 is 1.85 bits per heavy atom. The molecule has 112 valence electrons. The van der Waals surface area contributed by atoms with E-state index in [1.807, 2.05) is 36.2 Å². The maximum Gasteiger partial charge on any atom is 0.307 e. The average Bonchev–Trinajstić information content (AvgIpc) is 2.37. The van der Waals surface area contributed by atoms with Gasteiger partial charge in [-0.05, 0) is 30.7 Å². The molecule has 1 unspecified atom stereocenters. The minimum atomic E-state index is -0.755. The minimum Gasteiger partial charge on any atom is -0.493 e. The lowest BCUT2D eigenvalue weighted by Gasteiger charge is -2.19. The van der Waals surface area contributed by atoms with Gasteiger partial charge in [0.05, 0.1) is 12.5 Å². The van der Waals surface area contributed by atoms with E-state index < -0.39 is 5.97 Å². The van der Waals surface area contributed by atoms with E-state index in [4.69, 9.17) is 9.84 Å². The molecular formula is C16H25NO3. The van der Waals surface area contributed by atoms with Crippen molar-refractivity contribution in [2.45, 2.75) is 27.3 Å². The first-order chi connectivity index (χ1) is 9.38. The molecule has 0 aromatic heterocycles. The van der Waals surface area contributed by atoms with E-state index in [1.54, 1.807) is 6.92 Å². The van der Waals surface area contributed by atoms with Crippen LogP contribution in [0.2, 0.25) is 0 Å². The van der Waals surface area contributed by atoms with Crippen molar-refractivity contribution >= 4 is 5.97 Å². The molecule has 0 fully saturated rings. The summed E-state index contributed by atoms with van der Waals surface area (Å²) in [5.41, 5.74) is 1.15. The van der Waals surface area contributed by atoms with Crippen LogP contribution < -0.4 is 4.74 Å². The summed E-state index contributed by atoms with van der Waals surface area (Å²) in [6.07, 6.45) is 0. The van der Waals surface area contributed by atoms with Gasteiger partial charge in [0.25, 0.3) is 0 Å². The van der Waals surface area contributed by atoms with E-state index in [2.05, 4.69) is 13.8 Å². The first-order valence-corrected chi connectivity index (χ1v) is 7.01. The second kappa shape index (κ2) is 7.90. The molecule has 1 aromatic rings. The summed E-state index contributed by atoms with van der Waals surface area (Å²) in [6.45, 7) is 7.96. The van der Waals surface area contributed by atoms with Crippen molar-refractivity contribution in [1.29, 1.82) is 0 Å². The molecule has 4 nitrogen and oxygen atoms in total. The number of benzene rings is 1. The molecule has 0 saturated heterocycles. The fourth-order valence-corrected chi connectivity index (χ4v) is 1.88. The summed E-state index contributed by atoms with van der Waals surface area (Å²) < 4.78 is 5.63. The fourth-order valence-electron chi connectivity index (χ4n) is 1.88. The number of carboxylic acid groups (broad SMARTS) is 1. The summed E-state index contributed by atoms with van der Waals surface area (Å²) in [7, 11) is 1.93. The lowest BCUT2D eigenvalue weighted by Crippen LogP contribution is -2.28. The number of aliphatic carboxylic acids is 1. The highest BCUT2D eigenvalue weighted by Crippen LogP contribution is 2.14. The zero-order valence-corrected chi connectivity index (χ0v) is 12.8. The molecule has 20 heavy (non-hydrogen) atoms. The monoisotopic (exact) mass is 279 g/mol. The molecular weight excluding hydrogens is 254 g/mol. The van der Waals surface area contributed by atoms with E-state index in [-0.39, 0.29) is 5.92 Å². The molecule has 0 aliphatic heterocycles. The molecule has 0 aliphatic carbocycles. The van der Waals surface area contributed by atoms with Gasteiger partial charge in [-0.15, -0.1) is 0 Å². The van der Waals surface area contributed by atoms with Gasteiger partial charge in [-0.3, -0.25) is 4.79 Å². The van der Waals surface area contributed by atoms with Gasteiger partial charge in [-0.1, -0.05) is 32.9 Å². The Morgan fingerprint density at radius 1 is 1.25 bits per heavy atom. The standard InChI is InChI=1S/C16H25NO3/c1-12(2)11-20-15-7-5-14(6-8-15)10-17(4)9-13(3)16(18)19/h5-8,12-13H,9-11H2,1-4H3,(H,18,19). The van der Waals surface area contributed by atoms with Crippen LogP contribution in [0.5, 0.6) is 5.75 Å². The molecule has 0 amide bonds. The van der Waals surface area contributed by atoms with E-state index in [9.17, 15) is 4.79 Å². The Kier molecular flexibility index (Phi) is 6.52. The molecule has 1 aromatic carbocycles. The van der Waals surface area contributed by atoms with E-state index in [0.717, 1.165) is 24.5 Å². The third kappa shape index (κ3) is 6.06. The second-order valence-corrected chi connectivity index (χ2v) is 5.78. The Labute approximate surface area is 121 Å². The van der Waals surface area contributed by atoms with Crippen molar-refractivity contribution in [1.82, 2.24) is 4.90 Å². The van der Waals surface area contributed by atoms with E-state index in [1.165, 1.54) is 0 Å². The summed E-state index contributed by atoms with van der Waals surface area (Å²) in [5, 5.41) is 8.89. The normalized spacial score (nSPS) is 12.7. The van der Waals surface area contributed by atoms with Gasteiger partial charge in [0.15, 0.2) is 0 Å². The summed E-state index contributed by atoms with van der Waals surface area (Å²) in [5.74, 6) is 0.283. The van der Waals surface area contributed by atoms with Gasteiger partial charge in [0.1, 0.15) is 5.75 Å². The first kappa shape index (κ1) is 16.5. The number of ether oxygens (including phenoxy) is 1. The summed E-state index contributed by atoms with van der Waals surface area (Å²) in [4.78, 5) is 12.8. The third-order valence-corrected chi connectivity index (χ3v) is 2.97. The second-order valence-electron chi connectivity index (χ2n) is 5.78. The van der Waals surface area contributed by atoms with Crippen LogP contribution in [-0.2, 0) is 11.3 Å². The highest BCUT2D eigenvalue weighted by atomic mass is 16.5. The minimum absolute atomic E-state index is 0.353. The molecule has 1 atom stereocenters. The molecule has 0 heterocycles. The molecule has 0 aliphatic rings. The smallest absolute Gasteiger partial charge is 0.307 e. The predicted molar refractivity (Wildman–Crippen MR) is 79.9 cm³/mol. The van der Waals surface area contributed by atoms with Gasteiger partial charge in [-0.25, -0.2) is 0 Å². The van der Waals surface area contributed by atoms with Crippen molar-refractivity contribution < 1.29 is 14.6 Å². The van der Waals surface area contributed by atoms with Gasteiger partial charge in [-0.2, -0.15) is 0 Å². The van der Waals surface area contributed by atoms with Crippen LogP contribution in [0.15, 0.2) is 24.3 Å². The Balaban J connectivity index is 2.46. The number of nitrogens with zero attached hydrogens (tertiary/aromatic N) is 1. The van der Waals surface area contributed by atoms with Crippen LogP contribution in [0.3, 0.4) is 0 Å². The highest BCUT2D eigenvalue weighted by Gasteiger charge is 2.13. The number of hydrogen-bond acceptors (Lipinski definition) is 3. The van der Waals surface area contributed by atoms with Crippen LogP contribution in [0, 0.1) is 11.8 Å². The summed E-state index contributed by atoms with van der Waals surface area (Å²) >= 11 is 0. The molecule has 0 spiro atoms. The Bertz CT molecular complexity index is 414. The Morgan fingerprint density at radius 3 is 2.35 bits per heavy atom. The predicted octanol–water partition coefficient (Wildman–Crippen LogP) is 2.87. The van der Waals surface area contributed by atoms with Crippen molar-refractivity contribution in [3.05, 3.63) is 29.8 Å². The zero-order chi connectivity index (χ0) is 15.1. The van der Waals surface area contributed by atoms with Crippen LogP contribution in [0.4, 0.5) is 0 Å². The van der Waals surface area contributed by atoms with Gasteiger partial charge in [0, 0.05) is 13.1 Å². The van der Waals surface area contributed by atoms with Crippen molar-refractivity contribution in [2.75, 3.05) is 20.2 Å². The van der Waals surface area contributed by atoms with Crippen LogP contribution in [0.25, 0.3) is 0 Å². The molecule has 0 bridgehead atoms. The van der Waals surface area contributed by atoms with Gasteiger partial charge in [0.2, 0.25) is 0 Å². The van der Waals surface area contributed by atoms with Crippen LogP contribution in [-0.4, -0.2) is 36.2 Å². The van der Waals surface area contributed by atoms with Crippen LogP contribution in [0.1, 0.15) is 26.3 Å². The quantitative estimate of drug-likeness (QED) is 0.795. The maximum absolute atomic E-state index is 10.8. The summed E-state index contributed by atoms with van der Waals surface area (Å²) in [6, 6.07) is 7.98. The lowest BCUT2D eigenvalue weighted by atomic mass is 10.1. The van der Waals surface area contributed by atoms with Crippen molar-refractivity contribution in [3.63, 3.8) is 0 Å². The van der Waals surface area contributed by atoms with Gasteiger partial charge < -0.3 is 14.7 Å². The molecule has 1 N–H and O–H groups in total. The lowest BCUT2D eigenvalue weighted by molar-refractivity contribution is -0.141. The van der Waals surface area contributed by atoms with Gasteiger partial charge >= 0.3 is 5.97 Å². The SMILES string of the molecule is CC(C)COc1ccc(CN(C)CC(C)C(=O)O)cc1. The maximum atomic E-state index is 10.8. The largest absolute Gasteiger partial charge is 0.493 e. The van der Waals surface area contributed by atoms with Crippen LogP contribution >= 0.6 is 0 Å².